The van der Waals surface area contributed by atoms with Crippen molar-refractivity contribution >= 4 is 40.4 Å². The Bertz CT molecular complexity index is 1910. The molecule has 0 fully saturated rings. The third-order valence-corrected chi connectivity index (χ3v) is 6.93. The van der Waals surface area contributed by atoms with E-state index in [1.165, 1.54) is 18.2 Å². The smallest absolute Gasteiger partial charge is 0.335 e. The number of primary amides is 1. The van der Waals surface area contributed by atoms with Crippen LogP contribution in [-0.2, 0) is 13.0 Å². The standard InChI is InChI=1S/C28H23N7O6/c1-13-31-19-8-14(2-7-23(19)41-13)12-30-27(38)22-10-21(32-24-11-20(25(29)36)34-35(22)24)26(37)33-18-6-4-15-9-16(28(39)40)3-5-17(15)18/h2-3,5,7-11,18H,4,6,12H2,1H3,(H2,29,36)(H,30,38)(H,33,37)(H,39,40)/t18-/m0/s1. The highest BCUT2D eigenvalue weighted by molar-refractivity contribution is 5.99. The van der Waals surface area contributed by atoms with Gasteiger partial charge in [-0.2, -0.15) is 5.10 Å². The number of aromatic nitrogens is 4. The van der Waals surface area contributed by atoms with Gasteiger partial charge in [0, 0.05) is 25.6 Å². The van der Waals surface area contributed by atoms with Crippen LogP contribution in [0.3, 0.4) is 0 Å². The summed E-state index contributed by atoms with van der Waals surface area (Å²) in [7, 11) is 0. The van der Waals surface area contributed by atoms with Crippen molar-refractivity contribution in [3.05, 3.63) is 93.8 Å². The van der Waals surface area contributed by atoms with Crippen molar-refractivity contribution in [3.8, 4) is 0 Å². The second kappa shape index (κ2) is 9.86. The number of nitrogens with two attached hydrogens (primary N) is 1. The van der Waals surface area contributed by atoms with Gasteiger partial charge in [-0.05, 0) is 53.8 Å². The van der Waals surface area contributed by atoms with Gasteiger partial charge in [0.05, 0.1) is 11.6 Å². The quantitative estimate of drug-likeness (QED) is 0.234. The van der Waals surface area contributed by atoms with Gasteiger partial charge in [-0.25, -0.2) is 19.3 Å². The number of hydrogen-bond acceptors (Lipinski definition) is 8. The molecular formula is C28H23N7O6. The van der Waals surface area contributed by atoms with Crippen molar-refractivity contribution in [2.45, 2.75) is 32.4 Å². The van der Waals surface area contributed by atoms with Gasteiger partial charge in [-0.15, -0.1) is 0 Å². The molecule has 6 rings (SSSR count). The van der Waals surface area contributed by atoms with E-state index >= 15 is 0 Å². The third-order valence-electron chi connectivity index (χ3n) is 6.93. The summed E-state index contributed by atoms with van der Waals surface area (Å²) < 4.78 is 6.65. The van der Waals surface area contributed by atoms with Gasteiger partial charge in [0.2, 0.25) is 0 Å². The minimum atomic E-state index is -1.02. The molecule has 3 heterocycles. The molecule has 1 atom stereocenters. The SMILES string of the molecule is Cc1nc2cc(CNC(=O)c3cc(C(=O)N[C@H]4CCc5cc(C(=O)O)ccc54)nc4cc(C(N)=O)nn34)ccc2o1. The number of fused-ring (bicyclic) bond motifs is 3. The molecule has 0 saturated heterocycles. The lowest BCUT2D eigenvalue weighted by molar-refractivity contribution is 0.0695. The van der Waals surface area contributed by atoms with E-state index in [2.05, 4.69) is 25.7 Å². The number of carbonyl (C=O) groups is 4. The van der Waals surface area contributed by atoms with E-state index in [0.29, 0.717) is 29.8 Å². The van der Waals surface area contributed by atoms with Gasteiger partial charge in [0.1, 0.15) is 16.9 Å². The van der Waals surface area contributed by atoms with Crippen LogP contribution in [-0.4, -0.2) is 48.4 Å². The van der Waals surface area contributed by atoms with Crippen LogP contribution in [0, 0.1) is 6.92 Å². The number of amides is 3. The van der Waals surface area contributed by atoms with Crippen molar-refractivity contribution < 1.29 is 28.7 Å². The normalized spacial score (nSPS) is 14.2. The summed E-state index contributed by atoms with van der Waals surface area (Å²) in [5, 5.41) is 19.1. The molecule has 13 nitrogen and oxygen atoms in total. The van der Waals surface area contributed by atoms with Gasteiger partial charge in [0.15, 0.2) is 22.8 Å². The number of nitrogens with zero attached hydrogens (tertiary/aromatic N) is 4. The van der Waals surface area contributed by atoms with Gasteiger partial charge < -0.3 is 25.9 Å². The predicted molar refractivity (Wildman–Crippen MR) is 143 cm³/mol. The first kappa shape index (κ1) is 25.7. The van der Waals surface area contributed by atoms with Crippen LogP contribution < -0.4 is 16.4 Å². The highest BCUT2D eigenvalue weighted by atomic mass is 16.4. The summed E-state index contributed by atoms with van der Waals surface area (Å²) in [5.41, 5.74) is 9.19. The lowest BCUT2D eigenvalue weighted by Crippen LogP contribution is -2.30. The fourth-order valence-corrected chi connectivity index (χ4v) is 4.98. The van der Waals surface area contributed by atoms with E-state index < -0.39 is 23.7 Å². The molecule has 0 aliphatic heterocycles. The first-order chi connectivity index (χ1) is 19.7. The molecule has 41 heavy (non-hydrogen) atoms. The molecule has 0 bridgehead atoms. The molecule has 1 aliphatic carbocycles. The second-order valence-electron chi connectivity index (χ2n) is 9.69. The Labute approximate surface area is 231 Å². The number of nitrogens with one attached hydrogen (secondary N) is 2. The molecule has 3 aromatic heterocycles. The minimum Gasteiger partial charge on any atom is -0.478 e. The van der Waals surface area contributed by atoms with Crippen LogP contribution in [0.2, 0.25) is 0 Å². The van der Waals surface area contributed by atoms with Gasteiger partial charge in [-0.1, -0.05) is 12.1 Å². The summed E-state index contributed by atoms with van der Waals surface area (Å²) in [6.45, 7) is 1.89. The number of oxazole rings is 1. The van der Waals surface area contributed by atoms with Crippen molar-refractivity contribution in [3.63, 3.8) is 0 Å². The van der Waals surface area contributed by atoms with Crippen LogP contribution >= 0.6 is 0 Å². The first-order valence-electron chi connectivity index (χ1n) is 12.7. The maximum absolute atomic E-state index is 13.3. The Morgan fingerprint density at radius 2 is 1.88 bits per heavy atom. The maximum Gasteiger partial charge on any atom is 0.335 e. The van der Waals surface area contributed by atoms with E-state index in [4.69, 9.17) is 10.2 Å². The van der Waals surface area contributed by atoms with Crippen molar-refractivity contribution in [1.29, 1.82) is 0 Å². The molecular weight excluding hydrogens is 530 g/mol. The van der Waals surface area contributed by atoms with E-state index in [0.717, 1.165) is 21.2 Å². The number of rotatable bonds is 7. The molecule has 13 heteroatoms. The average molecular weight is 554 g/mol. The predicted octanol–water partition coefficient (Wildman–Crippen LogP) is 2.32. The number of aryl methyl sites for hydroxylation is 2. The van der Waals surface area contributed by atoms with Crippen LogP contribution in [0.4, 0.5) is 0 Å². The highest BCUT2D eigenvalue weighted by Gasteiger charge is 2.27. The summed E-state index contributed by atoms with van der Waals surface area (Å²) in [6, 6.07) is 12.4. The number of carboxylic acids is 1. The van der Waals surface area contributed by atoms with Crippen molar-refractivity contribution in [2.24, 2.45) is 5.73 Å². The topological polar surface area (TPSA) is 195 Å². The number of aromatic carboxylic acids is 1. The highest BCUT2D eigenvalue weighted by Crippen LogP contribution is 2.32. The van der Waals surface area contributed by atoms with Crippen LogP contribution in [0.25, 0.3) is 16.7 Å². The Morgan fingerprint density at radius 1 is 1.05 bits per heavy atom. The van der Waals surface area contributed by atoms with Crippen molar-refractivity contribution in [1.82, 2.24) is 30.2 Å². The zero-order valence-corrected chi connectivity index (χ0v) is 21.7. The molecule has 206 valence electrons. The number of carboxylic acid groups (broad SMARTS) is 1. The maximum atomic E-state index is 13.3. The molecule has 5 N–H and O–H groups in total. The van der Waals surface area contributed by atoms with Gasteiger partial charge >= 0.3 is 5.97 Å². The lowest BCUT2D eigenvalue weighted by Gasteiger charge is -2.15. The van der Waals surface area contributed by atoms with E-state index in [9.17, 15) is 24.3 Å². The van der Waals surface area contributed by atoms with E-state index in [1.807, 2.05) is 0 Å². The van der Waals surface area contributed by atoms with Crippen molar-refractivity contribution in [2.75, 3.05) is 0 Å². The summed E-state index contributed by atoms with van der Waals surface area (Å²) in [5.74, 6) is -2.41. The zero-order valence-electron chi connectivity index (χ0n) is 21.7. The Balaban J connectivity index is 1.27. The average Bonchev–Trinajstić information content (AvgIpc) is 3.66. The summed E-state index contributed by atoms with van der Waals surface area (Å²) >= 11 is 0. The Morgan fingerprint density at radius 3 is 2.66 bits per heavy atom. The number of benzene rings is 2. The number of hydrogen-bond donors (Lipinski definition) is 4. The largest absolute Gasteiger partial charge is 0.478 e. The van der Waals surface area contributed by atoms with Gasteiger partial charge in [0.25, 0.3) is 17.7 Å². The zero-order chi connectivity index (χ0) is 28.8. The van der Waals surface area contributed by atoms with E-state index in [-0.39, 0.29) is 40.9 Å². The molecule has 0 radical (unpaired) electrons. The van der Waals surface area contributed by atoms with Crippen LogP contribution in [0.1, 0.15) is 76.9 Å². The molecule has 0 spiro atoms. The summed E-state index contributed by atoms with van der Waals surface area (Å²) in [6.07, 6.45) is 1.18. The lowest BCUT2D eigenvalue weighted by atomic mass is 10.0. The van der Waals surface area contributed by atoms with E-state index in [1.54, 1.807) is 37.3 Å². The minimum absolute atomic E-state index is 0.0241. The molecule has 3 amide bonds. The Hall–Kier alpha value is -5.59. The summed E-state index contributed by atoms with van der Waals surface area (Å²) in [4.78, 5) is 58.4. The van der Waals surface area contributed by atoms with Gasteiger partial charge in [-0.3, -0.25) is 14.4 Å². The monoisotopic (exact) mass is 553 g/mol. The fraction of sp³-hybridized carbons (Fsp3) is 0.179. The first-order valence-corrected chi connectivity index (χ1v) is 12.7. The number of carbonyl (C=O) groups excluding carboxylic acids is 3. The Kier molecular flexibility index (Phi) is 6.18. The fourth-order valence-electron chi connectivity index (χ4n) is 4.98. The molecule has 2 aromatic carbocycles. The molecule has 0 saturated carbocycles. The van der Waals surface area contributed by atoms with Crippen LogP contribution in [0.5, 0.6) is 0 Å². The van der Waals surface area contributed by atoms with Crippen LogP contribution in [0.15, 0.2) is 52.9 Å². The second-order valence-corrected chi connectivity index (χ2v) is 9.69. The molecule has 5 aromatic rings. The third kappa shape index (κ3) is 4.84. The molecule has 0 unspecified atom stereocenters. The molecule has 1 aliphatic rings.